The number of ketones is 1. The van der Waals surface area contributed by atoms with Crippen molar-refractivity contribution in [1.29, 1.82) is 0 Å². The Morgan fingerprint density at radius 2 is 1.78 bits per heavy atom. The summed E-state index contributed by atoms with van der Waals surface area (Å²) in [6.07, 6.45) is 2.05. The second-order valence-electron chi connectivity index (χ2n) is 4.36. The molecule has 1 aromatic rings. The van der Waals surface area contributed by atoms with Crippen LogP contribution < -0.4 is 0 Å². The van der Waals surface area contributed by atoms with Crippen molar-refractivity contribution in [1.82, 2.24) is 0 Å². The Morgan fingerprint density at radius 1 is 1.11 bits per heavy atom. The van der Waals surface area contributed by atoms with Gasteiger partial charge in [-0.3, -0.25) is 4.79 Å². The average Bonchev–Trinajstić information content (AvgIpc) is 2.37. The first-order valence-electron chi connectivity index (χ1n) is 6.29. The van der Waals surface area contributed by atoms with E-state index in [-0.39, 0.29) is 17.3 Å². The Morgan fingerprint density at radius 3 is 2.39 bits per heavy atom. The Kier molecular flexibility index (Phi) is 6.05. The maximum Gasteiger partial charge on any atom is 0.150 e. The minimum atomic E-state index is -2.93. The third-order valence-corrected chi connectivity index (χ3v) is 4.68. The van der Waals surface area contributed by atoms with Gasteiger partial charge in [0.25, 0.3) is 0 Å². The molecule has 4 heteroatoms. The molecule has 0 aliphatic rings. The first-order chi connectivity index (χ1) is 8.53. The molecule has 0 aliphatic carbocycles. The Hall–Kier alpha value is -1.16. The highest BCUT2D eigenvalue weighted by Crippen LogP contribution is 2.06. The molecule has 100 valence electrons. The van der Waals surface area contributed by atoms with Crippen molar-refractivity contribution < 1.29 is 13.2 Å². The van der Waals surface area contributed by atoms with E-state index in [0.29, 0.717) is 19.3 Å². The molecule has 3 nitrogen and oxygen atoms in total. The van der Waals surface area contributed by atoms with E-state index in [0.717, 1.165) is 12.0 Å². The van der Waals surface area contributed by atoms with Crippen LogP contribution in [-0.4, -0.2) is 25.7 Å². The van der Waals surface area contributed by atoms with Gasteiger partial charge >= 0.3 is 0 Å². The van der Waals surface area contributed by atoms with Crippen molar-refractivity contribution in [3.05, 3.63) is 35.9 Å². The van der Waals surface area contributed by atoms with Crippen LogP contribution in [0.15, 0.2) is 30.3 Å². The second kappa shape index (κ2) is 7.31. The lowest BCUT2D eigenvalue weighted by Gasteiger charge is -2.02. The topological polar surface area (TPSA) is 51.2 Å². The van der Waals surface area contributed by atoms with Crippen LogP contribution in [-0.2, 0) is 21.1 Å². The van der Waals surface area contributed by atoms with E-state index in [4.69, 9.17) is 0 Å². The first kappa shape index (κ1) is 14.9. The molecule has 18 heavy (non-hydrogen) atoms. The molecule has 0 saturated heterocycles. The molecular formula is C14H20O3S. The fraction of sp³-hybridized carbons (Fsp3) is 0.500. The van der Waals surface area contributed by atoms with Crippen molar-refractivity contribution in [2.75, 3.05) is 11.5 Å². The number of hydrogen-bond donors (Lipinski definition) is 0. The molecule has 0 heterocycles. The number of aryl methyl sites for hydroxylation is 1. The standard InChI is InChI=1S/C14H20O3S/c1-2-18(16,17)12-6-9-14(15)11-10-13-7-4-3-5-8-13/h3-5,7-8H,2,6,9-12H2,1H3. The van der Waals surface area contributed by atoms with Crippen molar-refractivity contribution in [2.24, 2.45) is 0 Å². The molecule has 0 amide bonds. The summed E-state index contributed by atoms with van der Waals surface area (Å²) >= 11 is 0. The molecule has 0 radical (unpaired) electrons. The lowest BCUT2D eigenvalue weighted by atomic mass is 10.1. The number of Topliss-reactive ketones (excluding diaryl/α,β-unsaturated/α-hetero) is 1. The molecule has 0 atom stereocenters. The predicted octanol–water partition coefficient (Wildman–Crippen LogP) is 2.40. The zero-order valence-electron chi connectivity index (χ0n) is 10.8. The highest BCUT2D eigenvalue weighted by Gasteiger charge is 2.09. The smallest absolute Gasteiger partial charge is 0.150 e. The van der Waals surface area contributed by atoms with E-state index in [1.54, 1.807) is 6.92 Å². The van der Waals surface area contributed by atoms with Gasteiger partial charge in [0.05, 0.1) is 5.75 Å². The van der Waals surface area contributed by atoms with Crippen LogP contribution in [0.25, 0.3) is 0 Å². The van der Waals surface area contributed by atoms with Crippen molar-refractivity contribution in [2.45, 2.75) is 32.6 Å². The van der Waals surface area contributed by atoms with Gasteiger partial charge in [0.2, 0.25) is 0 Å². The number of carbonyl (C=O) groups excluding carboxylic acids is 1. The summed E-state index contributed by atoms with van der Waals surface area (Å²) in [4.78, 5) is 11.6. The quantitative estimate of drug-likeness (QED) is 0.727. The van der Waals surface area contributed by atoms with Gasteiger partial charge < -0.3 is 0 Å². The summed E-state index contributed by atoms with van der Waals surface area (Å²) in [6.45, 7) is 1.63. The van der Waals surface area contributed by atoms with Crippen molar-refractivity contribution in [3.63, 3.8) is 0 Å². The Balaban J connectivity index is 2.23. The summed E-state index contributed by atoms with van der Waals surface area (Å²) in [6, 6.07) is 9.84. The van der Waals surface area contributed by atoms with Crippen LogP contribution in [0.3, 0.4) is 0 Å². The Bertz CT molecular complexity index is 463. The van der Waals surface area contributed by atoms with Crippen molar-refractivity contribution in [3.8, 4) is 0 Å². The van der Waals surface area contributed by atoms with Crippen LogP contribution in [0.1, 0.15) is 31.7 Å². The first-order valence-corrected chi connectivity index (χ1v) is 8.11. The predicted molar refractivity (Wildman–Crippen MR) is 73.3 cm³/mol. The molecule has 0 aliphatic heterocycles. The maximum atomic E-state index is 11.6. The lowest BCUT2D eigenvalue weighted by Crippen LogP contribution is -2.10. The summed E-state index contributed by atoms with van der Waals surface area (Å²) in [5, 5.41) is 0. The average molecular weight is 268 g/mol. The molecular weight excluding hydrogens is 248 g/mol. The van der Waals surface area contributed by atoms with E-state index in [9.17, 15) is 13.2 Å². The highest BCUT2D eigenvalue weighted by atomic mass is 32.2. The number of rotatable bonds is 8. The van der Waals surface area contributed by atoms with E-state index >= 15 is 0 Å². The van der Waals surface area contributed by atoms with Gasteiger partial charge in [-0.1, -0.05) is 37.3 Å². The monoisotopic (exact) mass is 268 g/mol. The maximum absolute atomic E-state index is 11.6. The number of carbonyl (C=O) groups is 1. The van der Waals surface area contributed by atoms with E-state index in [1.165, 1.54) is 0 Å². The minimum Gasteiger partial charge on any atom is -0.300 e. The van der Waals surface area contributed by atoms with Crippen molar-refractivity contribution >= 4 is 15.6 Å². The van der Waals surface area contributed by atoms with Crippen LogP contribution in [0.5, 0.6) is 0 Å². The van der Waals surface area contributed by atoms with Gasteiger partial charge in [0, 0.05) is 18.6 Å². The second-order valence-corrected chi connectivity index (χ2v) is 6.84. The summed E-state index contributed by atoms with van der Waals surface area (Å²) in [5.41, 5.74) is 1.15. The van der Waals surface area contributed by atoms with Gasteiger partial charge in [-0.25, -0.2) is 8.42 Å². The summed E-state index contributed by atoms with van der Waals surface area (Å²) < 4.78 is 22.5. The van der Waals surface area contributed by atoms with Gasteiger partial charge in [0.15, 0.2) is 0 Å². The molecule has 0 aromatic heterocycles. The number of benzene rings is 1. The zero-order valence-corrected chi connectivity index (χ0v) is 11.6. The zero-order chi connectivity index (χ0) is 13.4. The van der Waals surface area contributed by atoms with Crippen LogP contribution >= 0.6 is 0 Å². The minimum absolute atomic E-state index is 0.126. The summed E-state index contributed by atoms with van der Waals surface area (Å²) in [7, 11) is -2.93. The Labute approximate surface area is 109 Å². The van der Waals surface area contributed by atoms with Crippen LogP contribution in [0, 0.1) is 0 Å². The molecule has 0 bridgehead atoms. The van der Waals surface area contributed by atoms with Gasteiger partial charge in [0.1, 0.15) is 15.6 Å². The molecule has 0 fully saturated rings. The van der Waals surface area contributed by atoms with E-state index < -0.39 is 9.84 Å². The third kappa shape index (κ3) is 5.96. The molecule has 1 rings (SSSR count). The summed E-state index contributed by atoms with van der Waals surface area (Å²) in [5.74, 6) is 0.427. The van der Waals surface area contributed by atoms with Gasteiger partial charge in [-0.15, -0.1) is 0 Å². The normalized spacial score (nSPS) is 11.4. The number of sulfone groups is 1. The fourth-order valence-corrected chi connectivity index (χ4v) is 2.56. The highest BCUT2D eigenvalue weighted by molar-refractivity contribution is 7.91. The molecule has 0 unspecified atom stereocenters. The third-order valence-electron chi connectivity index (χ3n) is 2.89. The van der Waals surface area contributed by atoms with Crippen LogP contribution in [0.4, 0.5) is 0 Å². The van der Waals surface area contributed by atoms with E-state index in [1.807, 2.05) is 30.3 Å². The molecule has 0 saturated carbocycles. The largest absolute Gasteiger partial charge is 0.300 e. The number of hydrogen-bond acceptors (Lipinski definition) is 3. The van der Waals surface area contributed by atoms with Gasteiger partial charge in [-0.05, 0) is 18.4 Å². The lowest BCUT2D eigenvalue weighted by molar-refractivity contribution is -0.119. The SMILES string of the molecule is CCS(=O)(=O)CCCC(=O)CCc1ccccc1. The van der Waals surface area contributed by atoms with E-state index in [2.05, 4.69) is 0 Å². The fourth-order valence-electron chi connectivity index (χ4n) is 1.69. The molecule has 0 N–H and O–H groups in total. The van der Waals surface area contributed by atoms with Crippen LogP contribution in [0.2, 0.25) is 0 Å². The molecule has 1 aromatic carbocycles. The van der Waals surface area contributed by atoms with Gasteiger partial charge in [-0.2, -0.15) is 0 Å². The molecule has 0 spiro atoms.